The van der Waals surface area contributed by atoms with Crippen LogP contribution < -0.4 is 9.47 Å². The van der Waals surface area contributed by atoms with Crippen molar-refractivity contribution in [3.63, 3.8) is 0 Å². The highest BCUT2D eigenvalue weighted by molar-refractivity contribution is 5.74. The van der Waals surface area contributed by atoms with E-state index in [-0.39, 0.29) is 17.9 Å². The predicted molar refractivity (Wildman–Crippen MR) is 86.3 cm³/mol. The zero-order chi connectivity index (χ0) is 18.0. The molecule has 7 heteroatoms. The van der Waals surface area contributed by atoms with E-state index in [9.17, 15) is 13.9 Å². The summed E-state index contributed by atoms with van der Waals surface area (Å²) in [4.78, 5) is 0. The van der Waals surface area contributed by atoms with Crippen LogP contribution in [-0.4, -0.2) is 24.5 Å². The summed E-state index contributed by atoms with van der Waals surface area (Å²) in [5.41, 5.74) is 1.64. The molecule has 0 aliphatic rings. The first-order valence-electron chi connectivity index (χ1n) is 7.36. The largest absolute Gasteiger partial charge is 0.493 e. The van der Waals surface area contributed by atoms with Crippen LogP contribution in [-0.2, 0) is 6.61 Å². The summed E-state index contributed by atoms with van der Waals surface area (Å²) in [5.74, 6) is -0.770. The smallest absolute Gasteiger partial charge is 0.173 e. The van der Waals surface area contributed by atoms with Crippen molar-refractivity contribution < 1.29 is 27.9 Å². The molecule has 3 aromatic rings. The van der Waals surface area contributed by atoms with Crippen molar-refractivity contribution in [2.75, 3.05) is 14.2 Å². The van der Waals surface area contributed by atoms with Crippen molar-refractivity contribution in [1.29, 1.82) is 0 Å². The summed E-state index contributed by atoms with van der Waals surface area (Å²) in [6.07, 6.45) is 0. The average Bonchev–Trinajstić information content (AvgIpc) is 3.07. The lowest BCUT2D eigenvalue weighted by Gasteiger charge is -2.09. The van der Waals surface area contributed by atoms with E-state index >= 15 is 0 Å². The lowest BCUT2D eigenvalue weighted by molar-refractivity contribution is 0.281. The van der Waals surface area contributed by atoms with Gasteiger partial charge in [0.1, 0.15) is 5.69 Å². The lowest BCUT2D eigenvalue weighted by atomic mass is 10.0. The first kappa shape index (κ1) is 16.9. The molecule has 1 aromatic heterocycles. The van der Waals surface area contributed by atoms with Crippen molar-refractivity contribution in [2.45, 2.75) is 6.61 Å². The van der Waals surface area contributed by atoms with E-state index in [1.165, 1.54) is 20.3 Å². The molecule has 0 fully saturated rings. The Labute approximate surface area is 142 Å². The highest BCUT2D eigenvalue weighted by atomic mass is 19.2. The highest BCUT2D eigenvalue weighted by Gasteiger charge is 2.20. The molecule has 0 unspecified atom stereocenters. The number of aromatic nitrogens is 1. The van der Waals surface area contributed by atoms with Gasteiger partial charge in [0.2, 0.25) is 0 Å². The molecule has 0 aliphatic heterocycles. The Bertz CT molecular complexity index is 908. The zero-order valence-corrected chi connectivity index (χ0v) is 13.5. The van der Waals surface area contributed by atoms with Gasteiger partial charge in [-0.3, -0.25) is 0 Å². The van der Waals surface area contributed by atoms with Crippen LogP contribution in [0.4, 0.5) is 8.78 Å². The Hall–Kier alpha value is -2.93. The second kappa shape index (κ2) is 6.90. The molecule has 3 rings (SSSR count). The highest BCUT2D eigenvalue weighted by Crippen LogP contribution is 2.36. The van der Waals surface area contributed by atoms with Crippen molar-refractivity contribution >= 4 is 0 Å². The third-order valence-corrected chi connectivity index (χ3v) is 3.79. The monoisotopic (exact) mass is 347 g/mol. The molecular formula is C18H15F2NO4. The standard InChI is InChI=1S/C18H15F2NO4/c1-23-15-6-4-10(8-16(15)24-2)17-12(9-22)18(25-21-17)11-3-5-13(19)14(20)7-11/h3-8,22H,9H2,1-2H3. The summed E-state index contributed by atoms with van der Waals surface area (Å²) in [6.45, 7) is -0.387. The quantitative estimate of drug-likeness (QED) is 0.761. The molecule has 25 heavy (non-hydrogen) atoms. The van der Waals surface area contributed by atoms with Gasteiger partial charge in [-0.2, -0.15) is 0 Å². The summed E-state index contributed by atoms with van der Waals surface area (Å²) in [7, 11) is 3.03. The third-order valence-electron chi connectivity index (χ3n) is 3.79. The molecule has 0 amide bonds. The zero-order valence-electron chi connectivity index (χ0n) is 13.5. The fourth-order valence-corrected chi connectivity index (χ4v) is 2.53. The van der Waals surface area contributed by atoms with E-state index in [2.05, 4.69) is 5.16 Å². The molecule has 0 atom stereocenters. The number of benzene rings is 2. The van der Waals surface area contributed by atoms with Crippen LogP contribution in [0.1, 0.15) is 5.56 Å². The maximum absolute atomic E-state index is 13.5. The number of nitrogens with zero attached hydrogens (tertiary/aromatic N) is 1. The fourth-order valence-electron chi connectivity index (χ4n) is 2.53. The van der Waals surface area contributed by atoms with Crippen LogP contribution in [0.25, 0.3) is 22.6 Å². The first-order chi connectivity index (χ1) is 12.1. The van der Waals surface area contributed by atoms with Crippen molar-refractivity contribution in [1.82, 2.24) is 5.16 Å². The topological polar surface area (TPSA) is 64.7 Å². The van der Waals surface area contributed by atoms with Gasteiger partial charge in [0.25, 0.3) is 0 Å². The van der Waals surface area contributed by atoms with E-state index in [1.807, 2.05) is 0 Å². The van der Waals surface area contributed by atoms with E-state index in [1.54, 1.807) is 18.2 Å². The number of ether oxygens (including phenoxy) is 2. The minimum Gasteiger partial charge on any atom is -0.493 e. The van der Waals surface area contributed by atoms with Crippen LogP contribution in [0.5, 0.6) is 11.5 Å². The molecule has 5 nitrogen and oxygen atoms in total. The van der Waals surface area contributed by atoms with Gasteiger partial charge in [-0.15, -0.1) is 0 Å². The van der Waals surface area contributed by atoms with E-state index in [0.29, 0.717) is 28.3 Å². The SMILES string of the molecule is COc1ccc(-c2noc(-c3ccc(F)c(F)c3)c2CO)cc1OC. The predicted octanol–water partition coefficient (Wildman–Crippen LogP) is 3.80. The van der Waals surface area contributed by atoms with Gasteiger partial charge >= 0.3 is 0 Å². The minimum atomic E-state index is -1.01. The van der Waals surface area contributed by atoms with E-state index in [0.717, 1.165) is 12.1 Å². The lowest BCUT2D eigenvalue weighted by Crippen LogP contribution is -1.93. The number of halogens is 2. The Morgan fingerprint density at radius 2 is 1.68 bits per heavy atom. The third kappa shape index (κ3) is 3.06. The molecule has 0 spiro atoms. The van der Waals surface area contributed by atoms with Gasteiger partial charge in [-0.1, -0.05) is 5.16 Å². The van der Waals surface area contributed by atoms with Gasteiger partial charge in [-0.25, -0.2) is 8.78 Å². The van der Waals surface area contributed by atoms with Gasteiger partial charge in [0, 0.05) is 11.1 Å². The number of methoxy groups -OCH3 is 2. The average molecular weight is 347 g/mol. The number of hydrogen-bond acceptors (Lipinski definition) is 5. The van der Waals surface area contributed by atoms with Gasteiger partial charge in [0.05, 0.1) is 26.4 Å². The molecule has 0 bridgehead atoms. The number of hydrogen-bond donors (Lipinski definition) is 1. The van der Waals surface area contributed by atoms with Gasteiger partial charge in [0.15, 0.2) is 28.9 Å². The maximum Gasteiger partial charge on any atom is 0.173 e. The summed E-state index contributed by atoms with van der Waals surface area (Å²) < 4.78 is 42.3. The first-order valence-corrected chi connectivity index (χ1v) is 7.36. The molecule has 0 aliphatic carbocycles. The minimum absolute atomic E-state index is 0.172. The van der Waals surface area contributed by atoms with Crippen molar-refractivity contribution in [3.05, 3.63) is 53.6 Å². The number of rotatable bonds is 5. The molecule has 0 saturated carbocycles. The van der Waals surface area contributed by atoms with Crippen LogP contribution in [0, 0.1) is 11.6 Å². The van der Waals surface area contributed by atoms with E-state index < -0.39 is 11.6 Å². The number of aliphatic hydroxyl groups excluding tert-OH is 1. The second-order valence-electron chi connectivity index (χ2n) is 5.20. The van der Waals surface area contributed by atoms with Crippen LogP contribution >= 0.6 is 0 Å². The van der Waals surface area contributed by atoms with Crippen molar-refractivity contribution in [3.8, 4) is 34.1 Å². The molecule has 1 N–H and O–H groups in total. The Balaban J connectivity index is 2.10. The van der Waals surface area contributed by atoms with Crippen LogP contribution in [0.2, 0.25) is 0 Å². The molecule has 0 radical (unpaired) electrons. The second-order valence-corrected chi connectivity index (χ2v) is 5.20. The molecule has 0 saturated heterocycles. The summed E-state index contributed by atoms with van der Waals surface area (Å²) in [6, 6.07) is 8.45. The molecule has 2 aromatic carbocycles. The van der Waals surface area contributed by atoms with Gasteiger partial charge in [-0.05, 0) is 36.4 Å². The Kier molecular flexibility index (Phi) is 4.67. The normalized spacial score (nSPS) is 10.8. The van der Waals surface area contributed by atoms with Gasteiger partial charge < -0.3 is 19.1 Å². The number of aliphatic hydroxyl groups is 1. The Morgan fingerprint density at radius 3 is 2.32 bits per heavy atom. The summed E-state index contributed by atoms with van der Waals surface area (Å²) >= 11 is 0. The molecular weight excluding hydrogens is 332 g/mol. The fraction of sp³-hybridized carbons (Fsp3) is 0.167. The van der Waals surface area contributed by atoms with Crippen molar-refractivity contribution in [2.24, 2.45) is 0 Å². The molecule has 130 valence electrons. The van der Waals surface area contributed by atoms with Crippen LogP contribution in [0.3, 0.4) is 0 Å². The Morgan fingerprint density at radius 1 is 0.960 bits per heavy atom. The maximum atomic E-state index is 13.5. The van der Waals surface area contributed by atoms with E-state index in [4.69, 9.17) is 14.0 Å². The summed E-state index contributed by atoms with van der Waals surface area (Å²) in [5, 5.41) is 13.7. The van der Waals surface area contributed by atoms with Crippen LogP contribution in [0.15, 0.2) is 40.9 Å². The molecule has 1 heterocycles.